The molecule has 0 aliphatic rings. The zero-order valence-corrected chi connectivity index (χ0v) is 14.2. The Morgan fingerprint density at radius 3 is 2.77 bits per heavy atom. The van der Waals surface area contributed by atoms with Crippen molar-refractivity contribution in [3.8, 4) is 6.07 Å². The highest BCUT2D eigenvalue weighted by Gasteiger charge is 2.16. The highest BCUT2D eigenvalue weighted by molar-refractivity contribution is 5.95. The molecule has 0 fully saturated rings. The summed E-state index contributed by atoms with van der Waals surface area (Å²) in [6, 6.07) is 5.04. The van der Waals surface area contributed by atoms with E-state index in [1.807, 2.05) is 0 Å². The van der Waals surface area contributed by atoms with Gasteiger partial charge in [0.1, 0.15) is 17.2 Å². The number of carbonyl (C=O) groups excluding carboxylic acids is 1. The Morgan fingerprint density at radius 2 is 2.12 bits per heavy atom. The number of hydrogen-bond donors (Lipinski definition) is 0. The van der Waals surface area contributed by atoms with Gasteiger partial charge in [-0.25, -0.2) is 14.6 Å². The van der Waals surface area contributed by atoms with Crippen molar-refractivity contribution in [1.82, 2.24) is 18.5 Å². The fourth-order valence-corrected chi connectivity index (χ4v) is 2.67. The molecule has 0 aliphatic heterocycles. The van der Waals surface area contributed by atoms with Crippen LogP contribution in [0.2, 0.25) is 0 Å². The third-order valence-corrected chi connectivity index (χ3v) is 3.96. The Kier molecular flexibility index (Phi) is 4.41. The van der Waals surface area contributed by atoms with Gasteiger partial charge in [-0.05, 0) is 19.1 Å². The number of hydrogen-bond acceptors (Lipinski definition) is 6. The summed E-state index contributed by atoms with van der Waals surface area (Å²) in [5.74, 6) is -0.537. The van der Waals surface area contributed by atoms with E-state index >= 15 is 0 Å². The van der Waals surface area contributed by atoms with Crippen molar-refractivity contribution in [3.63, 3.8) is 0 Å². The first-order valence-corrected chi connectivity index (χ1v) is 7.79. The van der Waals surface area contributed by atoms with Crippen LogP contribution in [0.25, 0.3) is 5.65 Å². The molecule has 0 saturated heterocycles. The molecule has 132 valence electrons. The van der Waals surface area contributed by atoms with Gasteiger partial charge < -0.3 is 9.14 Å². The molecule has 0 radical (unpaired) electrons. The van der Waals surface area contributed by atoms with Gasteiger partial charge in [0.05, 0.1) is 19.3 Å². The van der Waals surface area contributed by atoms with E-state index in [4.69, 9.17) is 10.00 Å². The van der Waals surface area contributed by atoms with E-state index in [0.29, 0.717) is 17.9 Å². The molecular weight excluding hydrogens is 338 g/mol. The number of pyridine rings is 1. The van der Waals surface area contributed by atoms with Crippen LogP contribution < -0.4 is 11.2 Å². The van der Waals surface area contributed by atoms with Crippen LogP contribution in [0.15, 0.2) is 40.3 Å². The first-order valence-electron chi connectivity index (χ1n) is 7.79. The number of ether oxygens (including phenoxy) is 1. The summed E-state index contributed by atoms with van der Waals surface area (Å²) in [5, 5.41) is 9.11. The molecule has 9 nitrogen and oxygen atoms in total. The zero-order valence-electron chi connectivity index (χ0n) is 14.2. The van der Waals surface area contributed by atoms with Crippen LogP contribution in [0.5, 0.6) is 0 Å². The molecule has 0 spiro atoms. The van der Waals surface area contributed by atoms with Crippen molar-refractivity contribution in [2.24, 2.45) is 0 Å². The maximum Gasteiger partial charge on any atom is 0.341 e. The monoisotopic (exact) mass is 353 g/mol. The number of rotatable bonds is 4. The molecule has 0 atom stereocenters. The average molecular weight is 353 g/mol. The van der Waals surface area contributed by atoms with Crippen LogP contribution in [0.4, 0.5) is 0 Å². The summed E-state index contributed by atoms with van der Waals surface area (Å²) in [7, 11) is 1.27. The second kappa shape index (κ2) is 6.68. The highest BCUT2D eigenvalue weighted by Crippen LogP contribution is 2.12. The number of nitriles is 1. The van der Waals surface area contributed by atoms with E-state index < -0.39 is 17.2 Å². The van der Waals surface area contributed by atoms with Crippen LogP contribution in [-0.4, -0.2) is 31.6 Å². The first kappa shape index (κ1) is 17.2. The van der Waals surface area contributed by atoms with Crippen LogP contribution in [0.1, 0.15) is 28.5 Å². The predicted octanol–water partition coefficient (Wildman–Crippen LogP) is 0.384. The summed E-state index contributed by atoms with van der Waals surface area (Å²) in [6.07, 6.45) is 4.56. The second-order valence-corrected chi connectivity index (χ2v) is 5.49. The lowest BCUT2D eigenvalue weighted by Gasteiger charge is -2.07. The molecule has 0 saturated carbocycles. The Hall–Kier alpha value is -3.67. The van der Waals surface area contributed by atoms with Gasteiger partial charge in [-0.2, -0.15) is 5.26 Å². The standard InChI is InChI=1S/C17H15N5O4/c1-3-20-8-11(7-18)15(23)22(17(20)25)10-12-9-21-6-4-5-13(14(21)19-12)16(24)26-2/h4-6,8-9H,3,10H2,1-2H3. The maximum absolute atomic E-state index is 12.4. The third-order valence-electron chi connectivity index (χ3n) is 3.96. The molecule has 26 heavy (non-hydrogen) atoms. The molecule has 3 heterocycles. The number of aryl methyl sites for hydroxylation is 1. The molecule has 0 bridgehead atoms. The van der Waals surface area contributed by atoms with Crippen molar-refractivity contribution in [3.05, 3.63) is 68.4 Å². The number of esters is 1. The van der Waals surface area contributed by atoms with Gasteiger partial charge in [0.15, 0.2) is 5.65 Å². The maximum atomic E-state index is 12.4. The van der Waals surface area contributed by atoms with E-state index in [9.17, 15) is 14.4 Å². The van der Waals surface area contributed by atoms with Crippen LogP contribution in [-0.2, 0) is 17.8 Å². The van der Waals surface area contributed by atoms with Gasteiger partial charge >= 0.3 is 11.7 Å². The summed E-state index contributed by atoms with van der Waals surface area (Å²) in [6.45, 7) is 1.95. The molecule has 0 unspecified atom stereocenters. The molecule has 3 aromatic heterocycles. The van der Waals surface area contributed by atoms with Gasteiger partial charge in [0.2, 0.25) is 0 Å². The Morgan fingerprint density at radius 1 is 1.35 bits per heavy atom. The van der Waals surface area contributed by atoms with Gasteiger partial charge in [-0.15, -0.1) is 0 Å². The van der Waals surface area contributed by atoms with Crippen molar-refractivity contribution in [2.75, 3.05) is 7.11 Å². The number of imidazole rings is 1. The lowest BCUT2D eigenvalue weighted by Crippen LogP contribution is -2.41. The van der Waals surface area contributed by atoms with E-state index in [-0.39, 0.29) is 17.7 Å². The third kappa shape index (κ3) is 2.77. The number of carbonyl (C=O) groups is 1. The molecule has 3 aromatic rings. The smallest absolute Gasteiger partial charge is 0.341 e. The Bertz CT molecular complexity index is 1160. The Labute approximate surface area is 147 Å². The lowest BCUT2D eigenvalue weighted by atomic mass is 10.3. The first-order chi connectivity index (χ1) is 12.5. The predicted molar refractivity (Wildman–Crippen MR) is 91.0 cm³/mol. The van der Waals surface area contributed by atoms with Gasteiger partial charge in [-0.1, -0.05) is 0 Å². The fraction of sp³-hybridized carbons (Fsp3) is 0.235. The van der Waals surface area contributed by atoms with E-state index in [2.05, 4.69) is 4.98 Å². The van der Waals surface area contributed by atoms with Gasteiger partial charge in [0, 0.05) is 25.1 Å². The van der Waals surface area contributed by atoms with Gasteiger partial charge in [0.25, 0.3) is 5.56 Å². The number of nitrogens with zero attached hydrogens (tertiary/aromatic N) is 5. The number of aromatic nitrogens is 4. The normalized spacial score (nSPS) is 10.7. The molecule has 3 rings (SSSR count). The molecule has 0 aromatic carbocycles. The minimum Gasteiger partial charge on any atom is -0.465 e. The minimum absolute atomic E-state index is 0.116. The van der Waals surface area contributed by atoms with Gasteiger partial charge in [-0.3, -0.25) is 13.9 Å². The van der Waals surface area contributed by atoms with Crippen LogP contribution in [0.3, 0.4) is 0 Å². The van der Waals surface area contributed by atoms with Crippen molar-refractivity contribution >= 4 is 11.6 Å². The van der Waals surface area contributed by atoms with Crippen LogP contribution in [0, 0.1) is 11.3 Å². The quantitative estimate of drug-likeness (QED) is 0.627. The molecule has 0 amide bonds. The summed E-state index contributed by atoms with van der Waals surface area (Å²) >= 11 is 0. The molecule has 0 N–H and O–H groups in total. The highest BCUT2D eigenvalue weighted by atomic mass is 16.5. The fourth-order valence-electron chi connectivity index (χ4n) is 2.67. The number of fused-ring (bicyclic) bond motifs is 1. The van der Waals surface area contributed by atoms with Crippen molar-refractivity contribution in [1.29, 1.82) is 5.26 Å². The molecule has 9 heteroatoms. The number of methoxy groups -OCH3 is 1. The van der Waals surface area contributed by atoms with Crippen molar-refractivity contribution < 1.29 is 9.53 Å². The summed E-state index contributed by atoms with van der Waals surface area (Å²) < 4.78 is 8.59. The largest absolute Gasteiger partial charge is 0.465 e. The average Bonchev–Trinajstić information content (AvgIpc) is 3.07. The van der Waals surface area contributed by atoms with Crippen molar-refractivity contribution in [2.45, 2.75) is 20.0 Å². The lowest BCUT2D eigenvalue weighted by molar-refractivity contribution is 0.0602. The zero-order chi connectivity index (χ0) is 18.8. The topological polar surface area (TPSA) is 111 Å². The van der Waals surface area contributed by atoms with E-state index in [1.54, 1.807) is 41.9 Å². The van der Waals surface area contributed by atoms with Crippen LogP contribution >= 0.6 is 0 Å². The minimum atomic E-state index is -0.674. The van der Waals surface area contributed by atoms with E-state index in [0.717, 1.165) is 4.57 Å². The summed E-state index contributed by atoms with van der Waals surface area (Å²) in [4.78, 5) is 41.0. The molecular formula is C17H15N5O4. The molecule has 0 aliphatic carbocycles. The Balaban J connectivity index is 2.14. The second-order valence-electron chi connectivity index (χ2n) is 5.49. The van der Waals surface area contributed by atoms with E-state index in [1.165, 1.54) is 17.9 Å². The summed E-state index contributed by atoms with van der Waals surface area (Å²) in [5.41, 5.74) is -0.294. The SMILES string of the molecule is CCn1cc(C#N)c(=O)n(Cc2cn3cccc(C(=O)OC)c3n2)c1=O.